The number of rotatable bonds is 6. The van der Waals surface area contributed by atoms with E-state index in [2.05, 4.69) is 76.7 Å². The molecule has 0 aromatic heterocycles. The zero-order valence-electron chi connectivity index (χ0n) is 18.0. The third-order valence-electron chi connectivity index (χ3n) is 4.92. The predicted molar refractivity (Wildman–Crippen MR) is 129 cm³/mol. The molecule has 0 spiro atoms. The van der Waals surface area contributed by atoms with Gasteiger partial charge in [0, 0.05) is 0 Å². The first kappa shape index (κ1) is 24.1. The zero-order chi connectivity index (χ0) is 22.1. The number of esters is 1. The fourth-order valence-corrected chi connectivity index (χ4v) is 11.4. The molecule has 1 unspecified atom stereocenters. The van der Waals surface area contributed by atoms with E-state index in [4.69, 9.17) is 9.47 Å². The van der Waals surface area contributed by atoms with Crippen LogP contribution >= 0.6 is 0 Å². The number of ether oxygens (including phenoxy) is 2. The van der Waals surface area contributed by atoms with Crippen molar-refractivity contribution in [2.75, 3.05) is 0 Å². The van der Waals surface area contributed by atoms with E-state index in [1.54, 1.807) is 13.8 Å². The summed E-state index contributed by atoms with van der Waals surface area (Å²) in [6.07, 6.45) is 1.33. The van der Waals surface area contributed by atoms with Crippen LogP contribution in [0.2, 0.25) is 4.44 Å². The molecule has 1 heterocycles. The van der Waals surface area contributed by atoms with E-state index < -0.39 is 31.7 Å². The second kappa shape index (κ2) is 11.9. The minimum absolute atomic E-state index is 0.218. The normalized spacial score (nSPS) is 17.0. The van der Waals surface area contributed by atoms with E-state index >= 15 is 0 Å². The van der Waals surface area contributed by atoms with Crippen LogP contribution < -0.4 is 11.6 Å². The summed E-state index contributed by atoms with van der Waals surface area (Å²) >= 11 is 0.963. The Bertz CT molecular complexity index is 893. The molecule has 0 saturated carbocycles. The van der Waals surface area contributed by atoms with Gasteiger partial charge in [-0.1, -0.05) is 0 Å². The number of hydrogen-bond donors (Lipinski definition) is 0. The molecule has 5 heteroatoms. The van der Waals surface area contributed by atoms with Gasteiger partial charge in [0.25, 0.3) is 0 Å². The third kappa shape index (κ3) is 7.80. The molecule has 0 bridgehead atoms. The summed E-state index contributed by atoms with van der Waals surface area (Å²) in [7, 11) is 0. The van der Waals surface area contributed by atoms with Gasteiger partial charge >= 0.3 is 202 Å². The fourth-order valence-electron chi connectivity index (χ4n) is 3.52. The van der Waals surface area contributed by atoms with Crippen LogP contribution in [0.5, 0.6) is 0 Å². The van der Waals surface area contributed by atoms with Crippen molar-refractivity contribution in [3.63, 3.8) is 0 Å². The molecule has 0 N–H and O–H groups in total. The number of hydrogen-bond acceptors (Lipinski definition) is 3. The van der Waals surface area contributed by atoms with Gasteiger partial charge in [0.15, 0.2) is 0 Å². The van der Waals surface area contributed by atoms with Crippen LogP contribution in [0, 0.1) is 0 Å². The average molecular weight is 586 g/mol. The molecular weight excluding hydrogens is 558 g/mol. The number of benzene rings is 3. The summed E-state index contributed by atoms with van der Waals surface area (Å²) in [4.78, 5) is 11.9. The van der Waals surface area contributed by atoms with Crippen molar-refractivity contribution in [1.82, 2.24) is 0 Å². The van der Waals surface area contributed by atoms with Crippen LogP contribution in [0.15, 0.2) is 91.0 Å². The van der Waals surface area contributed by atoms with Crippen LogP contribution in [-0.4, -0.2) is 53.6 Å². The molecule has 4 rings (SSSR count). The molecule has 1 saturated heterocycles. The molecular formula is C26H28O3SeSn. The van der Waals surface area contributed by atoms with Crippen LogP contribution in [0.3, 0.4) is 0 Å². The van der Waals surface area contributed by atoms with Crippen molar-refractivity contribution in [3.8, 4) is 0 Å². The van der Waals surface area contributed by atoms with Crippen molar-refractivity contribution in [3.05, 3.63) is 91.0 Å². The van der Waals surface area contributed by atoms with Crippen molar-refractivity contribution in [1.29, 1.82) is 0 Å². The first-order valence-electron chi connectivity index (χ1n) is 10.5. The molecule has 1 fully saturated rings. The Morgan fingerprint density at radius 3 is 1.71 bits per heavy atom. The summed E-state index contributed by atoms with van der Waals surface area (Å²) in [5, 5.41) is 0. The summed E-state index contributed by atoms with van der Waals surface area (Å²) in [6, 6.07) is 31.7. The van der Waals surface area contributed by atoms with Gasteiger partial charge < -0.3 is 0 Å². The number of carbonyl (C=O) groups is 1. The molecule has 0 aliphatic carbocycles. The van der Waals surface area contributed by atoms with Crippen molar-refractivity contribution >= 4 is 53.4 Å². The maximum atomic E-state index is 11.9. The van der Waals surface area contributed by atoms with Gasteiger partial charge in [-0.2, -0.15) is 0 Å². The first-order valence-corrected chi connectivity index (χ1v) is 16.3. The topological polar surface area (TPSA) is 35.5 Å². The number of carbonyl (C=O) groups excluding carboxylic acids is 1. The van der Waals surface area contributed by atoms with E-state index in [9.17, 15) is 4.79 Å². The van der Waals surface area contributed by atoms with E-state index in [0.717, 1.165) is 12.8 Å². The van der Waals surface area contributed by atoms with Crippen molar-refractivity contribution < 1.29 is 14.3 Å². The van der Waals surface area contributed by atoms with Gasteiger partial charge in [-0.25, -0.2) is 0 Å². The summed E-state index contributed by atoms with van der Waals surface area (Å²) < 4.78 is 16.3. The summed E-state index contributed by atoms with van der Waals surface area (Å²) in [5.41, 5.74) is 0. The van der Waals surface area contributed by atoms with Gasteiger partial charge in [0.05, 0.1) is 0 Å². The molecule has 1 atom stereocenters. The Kier molecular flexibility index (Phi) is 9.21. The Labute approximate surface area is 200 Å². The van der Waals surface area contributed by atoms with E-state index in [1.807, 2.05) is 30.3 Å². The average Bonchev–Trinajstić information content (AvgIpc) is 3.04. The van der Waals surface area contributed by atoms with Gasteiger partial charge in [0.2, 0.25) is 0 Å². The molecule has 3 nitrogen and oxygen atoms in total. The van der Waals surface area contributed by atoms with Crippen molar-refractivity contribution in [2.45, 2.75) is 43.0 Å². The Hall–Kier alpha value is -1.59. The molecule has 160 valence electrons. The van der Waals surface area contributed by atoms with Crippen LogP contribution in [0.4, 0.5) is 0 Å². The zero-order valence-corrected chi connectivity index (χ0v) is 22.6. The molecule has 0 amide bonds. The van der Waals surface area contributed by atoms with Gasteiger partial charge in [-0.05, 0) is 0 Å². The van der Waals surface area contributed by atoms with E-state index in [-0.39, 0.29) is 5.97 Å². The van der Waals surface area contributed by atoms with Gasteiger partial charge in [-0.15, -0.1) is 0 Å². The Balaban J connectivity index is 0.000000330. The SMILES string of the molecule is CC1(C)OC(=O)C(CC[CH2][Sn]([c]2ccccc2)[c]2ccccc2)O1.[Se]c1ccccc1. The third-order valence-corrected chi connectivity index (χ3v) is 13.8. The Morgan fingerprint density at radius 2 is 1.32 bits per heavy atom. The molecule has 2 radical (unpaired) electrons. The second-order valence-electron chi connectivity index (χ2n) is 7.84. The maximum absolute atomic E-state index is 11.9. The first-order chi connectivity index (χ1) is 14.9. The fraction of sp³-hybridized carbons (Fsp3) is 0.269. The van der Waals surface area contributed by atoms with Crippen LogP contribution in [0.1, 0.15) is 26.7 Å². The molecule has 3 aromatic carbocycles. The van der Waals surface area contributed by atoms with Gasteiger partial charge in [-0.3, -0.25) is 0 Å². The summed E-state index contributed by atoms with van der Waals surface area (Å²) in [6.45, 7) is 3.58. The van der Waals surface area contributed by atoms with Crippen LogP contribution in [-0.2, 0) is 14.3 Å². The monoisotopic (exact) mass is 588 g/mol. The molecule has 1 aliphatic rings. The summed E-state index contributed by atoms with van der Waals surface area (Å²) in [5.74, 6) is -0.994. The number of cyclic esters (lactones) is 1. The Morgan fingerprint density at radius 1 is 0.839 bits per heavy atom. The predicted octanol–water partition coefficient (Wildman–Crippen LogP) is 3.23. The standard InChI is InChI=1S/C8H13O3.C6H5Se.2C6H5.Sn/c1-4-5-6-7(9)11-8(2,3)10-6;7-6-4-2-1-3-5-6;2*1-2-4-6-5-3-1;/h6H,1,4-5H2,2-3H3;1-5H;2*1-5H;. The van der Waals surface area contributed by atoms with Crippen LogP contribution in [0.25, 0.3) is 0 Å². The van der Waals surface area contributed by atoms with Gasteiger partial charge in [0.1, 0.15) is 0 Å². The second-order valence-corrected chi connectivity index (χ2v) is 16.3. The molecule has 1 aliphatic heterocycles. The van der Waals surface area contributed by atoms with E-state index in [0.29, 0.717) is 0 Å². The molecule has 31 heavy (non-hydrogen) atoms. The van der Waals surface area contributed by atoms with Crippen molar-refractivity contribution in [2.24, 2.45) is 0 Å². The minimum atomic E-state index is -1.94. The van der Waals surface area contributed by atoms with E-state index in [1.165, 1.54) is 16.1 Å². The molecule has 3 aromatic rings. The quantitative estimate of drug-likeness (QED) is 0.329.